The zero-order chi connectivity index (χ0) is 24.5. The molecule has 35 heavy (non-hydrogen) atoms. The Balaban J connectivity index is 1.57. The Bertz CT molecular complexity index is 1290. The molecule has 2 aliphatic rings. The van der Waals surface area contributed by atoms with Gasteiger partial charge >= 0.3 is 6.03 Å². The monoisotopic (exact) mass is 482 g/mol. The lowest BCUT2D eigenvalue weighted by atomic mass is 9.94. The van der Waals surface area contributed by atoms with Crippen LogP contribution in [0.5, 0.6) is 5.75 Å². The predicted octanol–water partition coefficient (Wildman–Crippen LogP) is 4.70. The third-order valence-corrected chi connectivity index (χ3v) is 6.25. The molecule has 182 valence electrons. The molecule has 3 heterocycles. The summed E-state index contributed by atoms with van der Waals surface area (Å²) in [6, 6.07) is 9.27. The number of hydrogen-bond donors (Lipinski definition) is 1. The van der Waals surface area contributed by atoms with Crippen molar-refractivity contribution in [2.75, 3.05) is 20.3 Å². The minimum Gasteiger partial charge on any atom is -0.494 e. The number of rotatable bonds is 6. The number of hydrogen-bond acceptors (Lipinski definition) is 6. The molecule has 0 saturated carbocycles. The molecule has 2 unspecified atom stereocenters. The fourth-order valence-corrected chi connectivity index (χ4v) is 4.46. The second-order valence-corrected chi connectivity index (χ2v) is 8.45. The van der Waals surface area contributed by atoms with Gasteiger partial charge in [-0.05, 0) is 55.7 Å². The molecular formula is C25H24F2N4O4. The van der Waals surface area contributed by atoms with E-state index in [9.17, 15) is 13.6 Å². The van der Waals surface area contributed by atoms with Crippen LogP contribution >= 0.6 is 0 Å². The highest BCUT2D eigenvalue weighted by atomic mass is 19.1. The van der Waals surface area contributed by atoms with Gasteiger partial charge in [0.1, 0.15) is 5.82 Å². The van der Waals surface area contributed by atoms with Crippen molar-refractivity contribution in [3.8, 4) is 17.1 Å². The second kappa shape index (κ2) is 9.46. The summed E-state index contributed by atoms with van der Waals surface area (Å²) in [4.78, 5) is 19.1. The Morgan fingerprint density at radius 2 is 2.09 bits per heavy atom. The van der Waals surface area contributed by atoms with Gasteiger partial charge in [-0.2, -0.15) is 4.98 Å². The number of nitrogens with one attached hydrogen (secondary N) is 1. The van der Waals surface area contributed by atoms with E-state index in [-0.39, 0.29) is 29.6 Å². The summed E-state index contributed by atoms with van der Waals surface area (Å²) in [5.41, 5.74) is 2.05. The van der Waals surface area contributed by atoms with Crippen LogP contribution in [0.4, 0.5) is 13.6 Å². The minimum absolute atomic E-state index is 0.0804. The van der Waals surface area contributed by atoms with E-state index in [1.165, 1.54) is 31.4 Å². The average molecular weight is 482 g/mol. The van der Waals surface area contributed by atoms with E-state index < -0.39 is 17.7 Å². The van der Waals surface area contributed by atoms with Gasteiger partial charge in [0.25, 0.3) is 5.89 Å². The summed E-state index contributed by atoms with van der Waals surface area (Å²) in [5.74, 6) is -0.586. The zero-order valence-electron chi connectivity index (χ0n) is 19.3. The van der Waals surface area contributed by atoms with Crippen LogP contribution in [0.1, 0.15) is 37.3 Å². The fourth-order valence-electron chi connectivity index (χ4n) is 4.46. The molecule has 5 rings (SSSR count). The van der Waals surface area contributed by atoms with Crippen molar-refractivity contribution in [1.29, 1.82) is 0 Å². The Kier molecular flexibility index (Phi) is 6.21. The van der Waals surface area contributed by atoms with Crippen molar-refractivity contribution < 1.29 is 27.6 Å². The zero-order valence-corrected chi connectivity index (χ0v) is 19.3. The van der Waals surface area contributed by atoms with Crippen LogP contribution < -0.4 is 10.1 Å². The van der Waals surface area contributed by atoms with Crippen LogP contribution in [0.25, 0.3) is 17.0 Å². The van der Waals surface area contributed by atoms with Gasteiger partial charge in [-0.25, -0.2) is 13.6 Å². The molecule has 0 radical (unpaired) electrons. The number of aromatic nitrogens is 2. The summed E-state index contributed by atoms with van der Waals surface area (Å²) in [6.07, 6.45) is 1.71. The van der Waals surface area contributed by atoms with E-state index in [0.29, 0.717) is 35.5 Å². The Hall–Kier alpha value is -3.79. The van der Waals surface area contributed by atoms with Gasteiger partial charge in [-0.1, -0.05) is 17.3 Å². The number of benzene rings is 2. The quantitative estimate of drug-likeness (QED) is 0.548. The van der Waals surface area contributed by atoms with E-state index in [0.717, 1.165) is 12.8 Å². The molecule has 1 N–H and O–H groups in total. The summed E-state index contributed by atoms with van der Waals surface area (Å²) < 4.78 is 44.6. The number of amides is 2. The van der Waals surface area contributed by atoms with E-state index in [4.69, 9.17) is 14.0 Å². The molecule has 8 nitrogen and oxygen atoms in total. The Morgan fingerprint density at radius 1 is 1.23 bits per heavy atom. The number of carbonyl (C=O) groups excluding carboxylic acids is 1. The van der Waals surface area contributed by atoms with Crippen molar-refractivity contribution >= 4 is 11.6 Å². The van der Waals surface area contributed by atoms with Gasteiger partial charge in [-0.3, -0.25) is 4.90 Å². The van der Waals surface area contributed by atoms with Gasteiger partial charge < -0.3 is 19.3 Å². The first-order chi connectivity index (χ1) is 16.9. The molecular weight excluding hydrogens is 458 g/mol. The van der Waals surface area contributed by atoms with E-state index in [2.05, 4.69) is 15.5 Å². The molecule has 0 bridgehead atoms. The highest BCUT2D eigenvalue weighted by molar-refractivity contribution is 5.87. The highest BCUT2D eigenvalue weighted by Crippen LogP contribution is 2.38. The summed E-state index contributed by atoms with van der Waals surface area (Å²) in [7, 11) is 1.38. The standard InChI is InChI=1S/C25H24F2N4O4/c1-14-21(24-29-23(30-35-24)16-8-9-20(33-2)19(27)12-16)22(15-5-3-6-17(26)11-15)28-25(32)31(14)13-18-7-4-10-34-18/h3,5-6,8-9,11-12,18,22H,4,7,10,13H2,1-2H3,(H,28,32). The number of carbonyl (C=O) groups is 1. The number of nitrogens with zero attached hydrogens (tertiary/aromatic N) is 3. The number of urea groups is 1. The molecule has 1 aromatic heterocycles. The third-order valence-electron chi connectivity index (χ3n) is 6.25. The van der Waals surface area contributed by atoms with E-state index in [1.807, 2.05) is 0 Å². The molecule has 3 aromatic rings. The number of methoxy groups -OCH3 is 1. The van der Waals surface area contributed by atoms with Crippen molar-refractivity contribution in [2.24, 2.45) is 0 Å². The van der Waals surface area contributed by atoms with Crippen molar-refractivity contribution in [2.45, 2.75) is 31.9 Å². The molecule has 1 saturated heterocycles. The Morgan fingerprint density at radius 3 is 2.80 bits per heavy atom. The van der Waals surface area contributed by atoms with Crippen LogP contribution in [-0.2, 0) is 4.74 Å². The predicted molar refractivity (Wildman–Crippen MR) is 122 cm³/mol. The molecule has 1 fully saturated rings. The van der Waals surface area contributed by atoms with Crippen LogP contribution in [-0.4, -0.2) is 47.4 Å². The first-order valence-corrected chi connectivity index (χ1v) is 11.3. The van der Waals surface area contributed by atoms with Crippen molar-refractivity contribution in [3.63, 3.8) is 0 Å². The maximum Gasteiger partial charge on any atom is 0.322 e. The molecule has 2 amide bonds. The molecule has 2 aliphatic heterocycles. The minimum atomic E-state index is -0.722. The number of halogens is 2. The van der Waals surface area contributed by atoms with Crippen molar-refractivity contribution in [3.05, 3.63) is 71.3 Å². The van der Waals surface area contributed by atoms with Gasteiger partial charge in [0.15, 0.2) is 11.6 Å². The van der Waals surface area contributed by atoms with Gasteiger partial charge in [0, 0.05) is 17.9 Å². The average Bonchev–Trinajstić information content (AvgIpc) is 3.54. The Labute approximate surface area is 200 Å². The van der Waals surface area contributed by atoms with Gasteiger partial charge in [0.05, 0.1) is 31.4 Å². The maximum absolute atomic E-state index is 14.2. The first kappa shape index (κ1) is 23.0. The molecule has 0 aliphatic carbocycles. The lowest BCUT2D eigenvalue weighted by molar-refractivity contribution is 0.0877. The van der Waals surface area contributed by atoms with Crippen molar-refractivity contribution in [1.82, 2.24) is 20.4 Å². The first-order valence-electron chi connectivity index (χ1n) is 11.3. The third kappa shape index (κ3) is 4.49. The smallest absolute Gasteiger partial charge is 0.322 e. The van der Waals surface area contributed by atoms with Gasteiger partial charge in [-0.15, -0.1) is 0 Å². The fraction of sp³-hybridized carbons (Fsp3) is 0.320. The molecule has 2 aromatic carbocycles. The normalized spacial score (nSPS) is 20.3. The van der Waals surface area contributed by atoms with Crippen LogP contribution in [0.15, 0.2) is 52.7 Å². The van der Waals surface area contributed by atoms with Crippen LogP contribution in [0, 0.1) is 11.6 Å². The van der Waals surface area contributed by atoms with E-state index in [1.54, 1.807) is 30.0 Å². The van der Waals surface area contributed by atoms with E-state index >= 15 is 0 Å². The summed E-state index contributed by atoms with van der Waals surface area (Å²) >= 11 is 0. The SMILES string of the molecule is COc1ccc(-c2noc(C3=C(C)N(CC4CCCO4)C(=O)NC3c3cccc(F)c3)n2)cc1F. The van der Waals surface area contributed by atoms with Gasteiger partial charge in [0.2, 0.25) is 5.82 Å². The lowest BCUT2D eigenvalue weighted by Gasteiger charge is -2.36. The lowest BCUT2D eigenvalue weighted by Crippen LogP contribution is -2.48. The summed E-state index contributed by atoms with van der Waals surface area (Å²) in [6.45, 7) is 2.81. The van der Waals surface area contributed by atoms with Crippen LogP contribution in [0.2, 0.25) is 0 Å². The summed E-state index contributed by atoms with van der Waals surface area (Å²) in [5, 5.41) is 6.97. The molecule has 10 heteroatoms. The largest absolute Gasteiger partial charge is 0.494 e. The second-order valence-electron chi connectivity index (χ2n) is 8.45. The maximum atomic E-state index is 14.2. The molecule has 0 spiro atoms. The van der Waals surface area contributed by atoms with Crippen LogP contribution in [0.3, 0.4) is 0 Å². The number of allylic oxidation sites excluding steroid dienone is 1. The highest BCUT2D eigenvalue weighted by Gasteiger charge is 2.37. The number of ether oxygens (including phenoxy) is 2. The topological polar surface area (TPSA) is 89.7 Å². The molecule has 2 atom stereocenters.